The number of rotatable bonds is 4. The highest BCUT2D eigenvalue weighted by Gasteiger charge is 2.18. The number of carboxylic acid groups (broad SMARTS) is 1. The molecule has 82 valence electrons. The normalized spacial score (nSPS) is 12.5. The predicted octanol–water partition coefficient (Wildman–Crippen LogP) is 2.29. The molecule has 1 rings (SSSR count). The number of hydrogen-bond donors (Lipinski definition) is 1. The zero-order chi connectivity index (χ0) is 11.4. The first-order valence-electron chi connectivity index (χ1n) is 4.56. The fourth-order valence-corrected chi connectivity index (χ4v) is 1.54. The number of carbonyl (C=O) groups is 1. The van der Waals surface area contributed by atoms with Gasteiger partial charge in [-0.1, -0.05) is 23.7 Å². The number of carboxylic acids is 1. The third-order valence-corrected chi connectivity index (χ3v) is 2.75. The lowest BCUT2D eigenvalue weighted by molar-refractivity contribution is -0.148. The largest absolute Gasteiger partial charge is 0.479 e. The van der Waals surface area contributed by atoms with Crippen LogP contribution in [0.5, 0.6) is 0 Å². The summed E-state index contributed by atoms with van der Waals surface area (Å²) in [6.07, 6.45) is -0.486. The molecule has 1 aromatic rings. The van der Waals surface area contributed by atoms with E-state index in [1.807, 2.05) is 13.0 Å². The van der Waals surface area contributed by atoms with E-state index >= 15 is 0 Å². The Kier molecular flexibility index (Phi) is 4.12. The molecular weight excluding hydrogens is 216 g/mol. The van der Waals surface area contributed by atoms with Crippen molar-refractivity contribution < 1.29 is 14.6 Å². The van der Waals surface area contributed by atoms with Gasteiger partial charge in [0.2, 0.25) is 0 Å². The maximum atomic E-state index is 10.8. The van der Waals surface area contributed by atoms with Crippen molar-refractivity contribution in [2.24, 2.45) is 0 Å². The Morgan fingerprint density at radius 2 is 2.27 bits per heavy atom. The molecule has 0 amide bonds. The summed E-state index contributed by atoms with van der Waals surface area (Å²) in [5, 5.41) is 9.48. The molecule has 0 aliphatic heterocycles. The zero-order valence-corrected chi connectivity index (χ0v) is 9.41. The molecule has 3 nitrogen and oxygen atoms in total. The Balaban J connectivity index is 2.88. The lowest BCUT2D eigenvalue weighted by Crippen LogP contribution is -2.25. The molecule has 0 unspecified atom stereocenters. The molecule has 0 saturated heterocycles. The summed E-state index contributed by atoms with van der Waals surface area (Å²) in [7, 11) is 1.39. The van der Waals surface area contributed by atoms with Crippen molar-refractivity contribution in [1.82, 2.24) is 0 Å². The first kappa shape index (κ1) is 12.0. The molecule has 1 aromatic carbocycles. The van der Waals surface area contributed by atoms with Crippen LogP contribution in [0.4, 0.5) is 0 Å². The average Bonchev–Trinajstić information content (AvgIpc) is 2.19. The highest BCUT2D eigenvalue weighted by Crippen LogP contribution is 2.20. The summed E-state index contributed by atoms with van der Waals surface area (Å²) in [6, 6.07) is 5.44. The van der Waals surface area contributed by atoms with Crippen molar-refractivity contribution >= 4 is 17.6 Å². The fourth-order valence-electron chi connectivity index (χ4n) is 1.34. The lowest BCUT2D eigenvalue weighted by Gasteiger charge is -2.12. The molecule has 1 atom stereocenters. The standard InChI is InChI=1S/C11H13ClO3/c1-7-8(4-3-5-9(7)12)6-10(15-2)11(13)14/h3-5,10H,6H2,1-2H3,(H,13,14)/t10-/m0/s1. The van der Waals surface area contributed by atoms with Crippen LogP contribution in [0.3, 0.4) is 0 Å². The second-order valence-electron chi connectivity index (χ2n) is 3.29. The average molecular weight is 229 g/mol. The Hall–Kier alpha value is -1.06. The van der Waals surface area contributed by atoms with Crippen LogP contribution in [-0.4, -0.2) is 24.3 Å². The first-order chi connectivity index (χ1) is 7.06. The maximum Gasteiger partial charge on any atom is 0.333 e. The van der Waals surface area contributed by atoms with Gasteiger partial charge >= 0.3 is 5.97 Å². The fraction of sp³-hybridized carbons (Fsp3) is 0.364. The second kappa shape index (κ2) is 5.14. The van der Waals surface area contributed by atoms with Crippen LogP contribution >= 0.6 is 11.6 Å². The monoisotopic (exact) mass is 228 g/mol. The SMILES string of the molecule is CO[C@@H](Cc1cccc(Cl)c1C)C(=O)O. The highest BCUT2D eigenvalue weighted by molar-refractivity contribution is 6.31. The molecule has 1 N–H and O–H groups in total. The van der Waals surface area contributed by atoms with Crippen LogP contribution in [0.2, 0.25) is 5.02 Å². The molecule has 0 aliphatic carbocycles. The summed E-state index contributed by atoms with van der Waals surface area (Å²) < 4.78 is 4.87. The molecule has 0 saturated carbocycles. The van der Waals surface area contributed by atoms with Crippen LogP contribution in [0.25, 0.3) is 0 Å². The van der Waals surface area contributed by atoms with Crippen LogP contribution in [0.1, 0.15) is 11.1 Å². The molecule has 0 bridgehead atoms. The van der Waals surface area contributed by atoms with Gasteiger partial charge in [0.15, 0.2) is 6.10 Å². The van der Waals surface area contributed by atoms with Gasteiger partial charge in [-0.05, 0) is 24.1 Å². The molecule has 0 fully saturated rings. The minimum Gasteiger partial charge on any atom is -0.479 e. The van der Waals surface area contributed by atoms with Crippen molar-refractivity contribution in [2.75, 3.05) is 7.11 Å². The van der Waals surface area contributed by atoms with E-state index in [0.717, 1.165) is 11.1 Å². The van der Waals surface area contributed by atoms with E-state index in [2.05, 4.69) is 0 Å². The van der Waals surface area contributed by atoms with Gasteiger partial charge in [-0.2, -0.15) is 0 Å². The number of aliphatic carboxylic acids is 1. The van der Waals surface area contributed by atoms with Gasteiger partial charge in [0, 0.05) is 18.6 Å². The van der Waals surface area contributed by atoms with Gasteiger partial charge < -0.3 is 9.84 Å². The lowest BCUT2D eigenvalue weighted by atomic mass is 10.0. The predicted molar refractivity (Wildman–Crippen MR) is 58.3 cm³/mol. The van der Waals surface area contributed by atoms with Crippen LogP contribution < -0.4 is 0 Å². The van der Waals surface area contributed by atoms with E-state index < -0.39 is 12.1 Å². The van der Waals surface area contributed by atoms with Gasteiger partial charge in [0.25, 0.3) is 0 Å². The van der Waals surface area contributed by atoms with Crippen molar-refractivity contribution in [3.8, 4) is 0 Å². The second-order valence-corrected chi connectivity index (χ2v) is 3.70. The maximum absolute atomic E-state index is 10.8. The summed E-state index contributed by atoms with van der Waals surface area (Å²) in [5.41, 5.74) is 1.80. The van der Waals surface area contributed by atoms with E-state index in [0.29, 0.717) is 11.4 Å². The van der Waals surface area contributed by atoms with Crippen LogP contribution in [-0.2, 0) is 16.0 Å². The molecule has 15 heavy (non-hydrogen) atoms. The minimum absolute atomic E-state index is 0.332. The molecule has 0 radical (unpaired) electrons. The van der Waals surface area contributed by atoms with E-state index in [-0.39, 0.29) is 0 Å². The van der Waals surface area contributed by atoms with Crippen molar-refractivity contribution in [1.29, 1.82) is 0 Å². The van der Waals surface area contributed by atoms with Crippen LogP contribution in [0, 0.1) is 6.92 Å². The van der Waals surface area contributed by atoms with Crippen molar-refractivity contribution in [3.05, 3.63) is 34.3 Å². The number of ether oxygens (including phenoxy) is 1. The van der Waals surface area contributed by atoms with Gasteiger partial charge in [0.05, 0.1) is 0 Å². The zero-order valence-electron chi connectivity index (χ0n) is 8.66. The molecule has 4 heteroatoms. The van der Waals surface area contributed by atoms with Gasteiger partial charge in [-0.15, -0.1) is 0 Å². The van der Waals surface area contributed by atoms with Crippen molar-refractivity contribution in [2.45, 2.75) is 19.4 Å². The van der Waals surface area contributed by atoms with E-state index in [4.69, 9.17) is 21.4 Å². The summed E-state index contributed by atoms with van der Waals surface area (Å²) in [4.78, 5) is 10.8. The molecule has 0 aromatic heterocycles. The number of hydrogen-bond acceptors (Lipinski definition) is 2. The summed E-state index contributed by atoms with van der Waals surface area (Å²) in [5.74, 6) is -0.961. The number of methoxy groups -OCH3 is 1. The topological polar surface area (TPSA) is 46.5 Å². The third kappa shape index (κ3) is 2.94. The molecule has 0 heterocycles. The molecule has 0 spiro atoms. The van der Waals surface area contributed by atoms with E-state index in [1.165, 1.54) is 7.11 Å². The summed E-state index contributed by atoms with van der Waals surface area (Å²) >= 11 is 5.93. The number of halogens is 1. The van der Waals surface area contributed by atoms with Gasteiger partial charge in [0.1, 0.15) is 0 Å². The Morgan fingerprint density at radius 3 is 2.80 bits per heavy atom. The van der Waals surface area contributed by atoms with E-state index in [9.17, 15) is 4.79 Å². The first-order valence-corrected chi connectivity index (χ1v) is 4.93. The molecular formula is C11H13ClO3. The Labute approximate surface area is 93.6 Å². The highest BCUT2D eigenvalue weighted by atomic mass is 35.5. The smallest absolute Gasteiger partial charge is 0.333 e. The van der Waals surface area contributed by atoms with Crippen molar-refractivity contribution in [3.63, 3.8) is 0 Å². The Morgan fingerprint density at radius 1 is 1.60 bits per heavy atom. The number of benzene rings is 1. The summed E-state index contributed by atoms with van der Waals surface area (Å²) in [6.45, 7) is 1.87. The molecule has 0 aliphatic rings. The van der Waals surface area contributed by atoms with Gasteiger partial charge in [-0.25, -0.2) is 4.79 Å². The van der Waals surface area contributed by atoms with Gasteiger partial charge in [-0.3, -0.25) is 0 Å². The third-order valence-electron chi connectivity index (χ3n) is 2.35. The Bertz CT molecular complexity index is 363. The minimum atomic E-state index is -0.961. The quantitative estimate of drug-likeness (QED) is 0.860. The van der Waals surface area contributed by atoms with Crippen LogP contribution in [0.15, 0.2) is 18.2 Å². The van der Waals surface area contributed by atoms with E-state index in [1.54, 1.807) is 12.1 Å².